The fourth-order valence-corrected chi connectivity index (χ4v) is 2.13. The summed E-state index contributed by atoms with van der Waals surface area (Å²) in [7, 11) is 0. The van der Waals surface area contributed by atoms with Crippen LogP contribution in [0.15, 0.2) is 0 Å². The van der Waals surface area contributed by atoms with Gasteiger partial charge in [-0.3, -0.25) is 9.69 Å². The first-order valence-corrected chi connectivity index (χ1v) is 5.54. The number of likely N-dealkylation sites (tertiary alicyclic amines) is 1. The quantitative estimate of drug-likeness (QED) is 0.655. The number of rotatable bonds is 4. The Bertz CT molecular complexity index is 172. The second-order valence-electron chi connectivity index (χ2n) is 3.70. The summed E-state index contributed by atoms with van der Waals surface area (Å²) in [5.74, 6) is 0. The van der Waals surface area contributed by atoms with E-state index in [1.807, 2.05) is 0 Å². The first kappa shape index (κ1) is 11.0. The monoisotopic (exact) mass is 203 g/mol. The predicted molar refractivity (Wildman–Crippen MR) is 55.0 cm³/mol. The van der Waals surface area contributed by atoms with Gasteiger partial charge in [-0.05, 0) is 37.4 Å². The zero-order valence-corrected chi connectivity index (χ0v) is 9.02. The van der Waals surface area contributed by atoms with Gasteiger partial charge in [-0.2, -0.15) is 0 Å². The van der Waals surface area contributed by atoms with Crippen LogP contribution in [0.3, 0.4) is 0 Å². The zero-order valence-electron chi connectivity index (χ0n) is 8.26. The molecule has 1 atom stereocenters. The number of carbonyl (C=O) groups excluding carboxylic acids is 1. The van der Waals surface area contributed by atoms with E-state index < -0.39 is 0 Å². The van der Waals surface area contributed by atoms with Crippen molar-refractivity contribution in [3.63, 3.8) is 0 Å². The van der Waals surface area contributed by atoms with E-state index in [4.69, 9.17) is 11.6 Å². The Labute approximate surface area is 85.2 Å². The molecule has 0 aromatic heterocycles. The highest BCUT2D eigenvalue weighted by atomic mass is 35.5. The molecule has 1 saturated heterocycles. The minimum Gasteiger partial charge on any atom is -0.300 e. The number of piperidine rings is 1. The number of halogens is 1. The highest BCUT2D eigenvalue weighted by Gasteiger charge is 2.20. The van der Waals surface area contributed by atoms with Crippen molar-refractivity contribution in [2.45, 2.75) is 45.1 Å². The van der Waals surface area contributed by atoms with Gasteiger partial charge in [-0.15, -0.1) is 0 Å². The van der Waals surface area contributed by atoms with Gasteiger partial charge in [0.1, 0.15) is 0 Å². The molecular weight excluding hydrogens is 186 g/mol. The van der Waals surface area contributed by atoms with Crippen LogP contribution in [0.4, 0.5) is 0 Å². The summed E-state index contributed by atoms with van der Waals surface area (Å²) < 4.78 is 0. The van der Waals surface area contributed by atoms with Crippen LogP contribution in [0.5, 0.6) is 0 Å². The molecule has 0 aromatic carbocycles. The van der Waals surface area contributed by atoms with E-state index in [1.54, 1.807) is 0 Å². The van der Waals surface area contributed by atoms with Crippen LogP contribution in [0, 0.1) is 0 Å². The van der Waals surface area contributed by atoms with Crippen molar-refractivity contribution in [1.29, 1.82) is 0 Å². The van der Waals surface area contributed by atoms with Gasteiger partial charge in [0.25, 0.3) is 0 Å². The van der Waals surface area contributed by atoms with Gasteiger partial charge in [0.15, 0.2) is 0 Å². The molecule has 0 saturated carbocycles. The standard InChI is InChI=1S/C10H18ClNO/c1-2-9-5-3-4-7-12(9)8-6-10(11)13/h9H,2-8H2,1H3. The molecule has 2 nitrogen and oxygen atoms in total. The van der Waals surface area contributed by atoms with Gasteiger partial charge in [0.2, 0.25) is 5.24 Å². The van der Waals surface area contributed by atoms with E-state index in [0.29, 0.717) is 12.5 Å². The highest BCUT2D eigenvalue weighted by molar-refractivity contribution is 6.63. The van der Waals surface area contributed by atoms with E-state index >= 15 is 0 Å². The molecule has 0 radical (unpaired) electrons. The molecular formula is C10H18ClNO. The van der Waals surface area contributed by atoms with Crippen molar-refractivity contribution in [2.24, 2.45) is 0 Å². The normalized spacial score (nSPS) is 24.6. The van der Waals surface area contributed by atoms with Gasteiger partial charge in [0.05, 0.1) is 0 Å². The molecule has 1 rings (SSSR count). The Morgan fingerprint density at radius 1 is 1.54 bits per heavy atom. The largest absolute Gasteiger partial charge is 0.300 e. The second-order valence-corrected chi connectivity index (χ2v) is 4.12. The Kier molecular flexibility index (Phi) is 4.74. The molecule has 0 aromatic rings. The second kappa shape index (κ2) is 5.61. The fraction of sp³-hybridized carbons (Fsp3) is 0.900. The molecule has 0 N–H and O–H groups in total. The Morgan fingerprint density at radius 2 is 2.31 bits per heavy atom. The molecule has 1 unspecified atom stereocenters. The van der Waals surface area contributed by atoms with Gasteiger partial charge < -0.3 is 0 Å². The maximum atomic E-state index is 10.6. The average molecular weight is 204 g/mol. The van der Waals surface area contributed by atoms with Crippen molar-refractivity contribution < 1.29 is 4.79 Å². The smallest absolute Gasteiger partial charge is 0.222 e. The van der Waals surface area contributed by atoms with Crippen molar-refractivity contribution >= 4 is 16.8 Å². The number of hydrogen-bond acceptors (Lipinski definition) is 2. The number of nitrogens with zero attached hydrogens (tertiary/aromatic N) is 1. The molecule has 1 aliphatic rings. The van der Waals surface area contributed by atoms with Crippen LogP contribution < -0.4 is 0 Å². The van der Waals surface area contributed by atoms with E-state index in [9.17, 15) is 4.79 Å². The summed E-state index contributed by atoms with van der Waals surface area (Å²) in [6.07, 6.45) is 5.58. The van der Waals surface area contributed by atoms with E-state index in [0.717, 1.165) is 13.1 Å². The topological polar surface area (TPSA) is 20.3 Å². The predicted octanol–water partition coefficient (Wildman–Crippen LogP) is 2.41. The summed E-state index contributed by atoms with van der Waals surface area (Å²) in [5, 5.41) is -0.208. The molecule has 3 heteroatoms. The van der Waals surface area contributed by atoms with Gasteiger partial charge in [-0.1, -0.05) is 13.3 Å². The van der Waals surface area contributed by atoms with Crippen LogP contribution in [0.2, 0.25) is 0 Å². The van der Waals surface area contributed by atoms with Gasteiger partial charge in [-0.25, -0.2) is 0 Å². The molecule has 0 aliphatic carbocycles. The Hall–Kier alpha value is -0.0800. The van der Waals surface area contributed by atoms with Crippen LogP contribution in [0.25, 0.3) is 0 Å². The van der Waals surface area contributed by atoms with Crippen LogP contribution >= 0.6 is 11.6 Å². The van der Waals surface area contributed by atoms with Crippen molar-refractivity contribution in [1.82, 2.24) is 4.90 Å². The third-order valence-electron chi connectivity index (χ3n) is 2.82. The van der Waals surface area contributed by atoms with Crippen molar-refractivity contribution in [2.75, 3.05) is 13.1 Å². The summed E-state index contributed by atoms with van der Waals surface area (Å²) >= 11 is 5.32. The summed E-state index contributed by atoms with van der Waals surface area (Å²) in [6.45, 7) is 4.20. The fourth-order valence-electron chi connectivity index (χ4n) is 2.05. The van der Waals surface area contributed by atoms with E-state index in [1.165, 1.54) is 25.7 Å². The molecule has 1 fully saturated rings. The Morgan fingerprint density at radius 3 is 2.92 bits per heavy atom. The summed E-state index contributed by atoms with van der Waals surface area (Å²) in [6, 6.07) is 0.685. The lowest BCUT2D eigenvalue weighted by Crippen LogP contribution is -2.39. The van der Waals surface area contributed by atoms with E-state index in [-0.39, 0.29) is 5.24 Å². The molecule has 1 heterocycles. The Balaban J connectivity index is 2.31. The first-order valence-electron chi connectivity index (χ1n) is 5.16. The third kappa shape index (κ3) is 3.65. The molecule has 76 valence electrons. The maximum absolute atomic E-state index is 10.6. The van der Waals surface area contributed by atoms with Gasteiger partial charge in [0, 0.05) is 19.0 Å². The number of carbonyl (C=O) groups is 1. The number of hydrogen-bond donors (Lipinski definition) is 0. The minimum absolute atomic E-state index is 0.208. The maximum Gasteiger partial charge on any atom is 0.222 e. The first-order chi connectivity index (χ1) is 6.24. The molecule has 0 spiro atoms. The lowest BCUT2D eigenvalue weighted by atomic mass is 10.00. The highest BCUT2D eigenvalue weighted by Crippen LogP contribution is 2.19. The van der Waals surface area contributed by atoms with Crippen molar-refractivity contribution in [3.05, 3.63) is 0 Å². The lowest BCUT2D eigenvalue weighted by Gasteiger charge is -2.34. The van der Waals surface area contributed by atoms with Crippen LogP contribution in [-0.4, -0.2) is 29.3 Å². The zero-order chi connectivity index (χ0) is 9.68. The molecule has 0 bridgehead atoms. The molecule has 1 aliphatic heterocycles. The van der Waals surface area contributed by atoms with Gasteiger partial charge >= 0.3 is 0 Å². The van der Waals surface area contributed by atoms with Crippen LogP contribution in [0.1, 0.15) is 39.0 Å². The summed E-state index contributed by atoms with van der Waals surface area (Å²) in [4.78, 5) is 13.0. The summed E-state index contributed by atoms with van der Waals surface area (Å²) in [5.41, 5.74) is 0. The lowest BCUT2D eigenvalue weighted by molar-refractivity contribution is -0.112. The van der Waals surface area contributed by atoms with E-state index in [2.05, 4.69) is 11.8 Å². The third-order valence-corrected chi connectivity index (χ3v) is 3.00. The van der Waals surface area contributed by atoms with Crippen molar-refractivity contribution in [3.8, 4) is 0 Å². The molecule has 13 heavy (non-hydrogen) atoms. The molecule has 0 amide bonds. The minimum atomic E-state index is -0.208. The van der Waals surface area contributed by atoms with Crippen LogP contribution in [-0.2, 0) is 4.79 Å². The average Bonchev–Trinajstić information content (AvgIpc) is 2.15. The SMILES string of the molecule is CCC1CCCCN1CCC(=O)Cl.